The highest BCUT2D eigenvalue weighted by atomic mass is 16.5. The van der Waals surface area contributed by atoms with Crippen molar-refractivity contribution in [1.29, 1.82) is 0 Å². The summed E-state index contributed by atoms with van der Waals surface area (Å²) in [4.78, 5) is 23.1. The smallest absolute Gasteiger partial charge is 0.229 e. The summed E-state index contributed by atoms with van der Waals surface area (Å²) in [6.45, 7) is 1.80. The molecule has 6 nitrogen and oxygen atoms in total. The summed E-state index contributed by atoms with van der Waals surface area (Å²) in [5.74, 6) is 0.767. The molecule has 0 saturated heterocycles. The van der Waals surface area contributed by atoms with Crippen LogP contribution in [-0.2, 0) is 24.3 Å². The van der Waals surface area contributed by atoms with Crippen molar-refractivity contribution < 1.29 is 9.53 Å². The summed E-state index contributed by atoms with van der Waals surface area (Å²) < 4.78 is 8.25. The topological polar surface area (TPSA) is 60.2 Å². The van der Waals surface area contributed by atoms with Gasteiger partial charge in [0.2, 0.25) is 5.91 Å². The number of nitrogens with zero attached hydrogens (tertiary/aromatic N) is 4. The van der Waals surface area contributed by atoms with E-state index in [1.165, 1.54) is 0 Å². The zero-order valence-corrected chi connectivity index (χ0v) is 14.4. The van der Waals surface area contributed by atoms with Crippen molar-refractivity contribution in [3.05, 3.63) is 78.6 Å². The molecule has 0 bridgehead atoms. The summed E-state index contributed by atoms with van der Waals surface area (Å²) in [7, 11) is 0. The molecule has 0 saturated carbocycles. The van der Waals surface area contributed by atoms with Gasteiger partial charge in [0.1, 0.15) is 11.9 Å². The van der Waals surface area contributed by atoms with Crippen molar-refractivity contribution in [3.63, 3.8) is 0 Å². The molecule has 3 aromatic rings. The van der Waals surface area contributed by atoms with Crippen LogP contribution < -0.4 is 4.74 Å². The number of carbonyl (C=O) groups is 1. The molecular weight excluding hydrogens is 328 g/mol. The van der Waals surface area contributed by atoms with E-state index in [1.54, 1.807) is 18.6 Å². The van der Waals surface area contributed by atoms with Crippen LogP contribution in [0, 0.1) is 0 Å². The SMILES string of the molecule is O=C(Cc1ccccn1)N1Cc2cccn2C[C@H](Oc2cccnc2)C1. The number of fused-ring (bicyclic) bond motifs is 1. The largest absolute Gasteiger partial charge is 0.485 e. The highest BCUT2D eigenvalue weighted by Gasteiger charge is 2.26. The number of rotatable bonds is 4. The van der Waals surface area contributed by atoms with Crippen molar-refractivity contribution in [1.82, 2.24) is 19.4 Å². The Morgan fingerprint density at radius 3 is 2.88 bits per heavy atom. The summed E-state index contributed by atoms with van der Waals surface area (Å²) in [5, 5.41) is 0. The van der Waals surface area contributed by atoms with Crippen LogP contribution in [0.25, 0.3) is 0 Å². The maximum absolute atomic E-state index is 12.9. The molecular formula is C20H20N4O2. The van der Waals surface area contributed by atoms with Gasteiger partial charge in [-0.15, -0.1) is 0 Å². The molecule has 1 atom stereocenters. The van der Waals surface area contributed by atoms with Crippen molar-refractivity contribution in [2.24, 2.45) is 0 Å². The highest BCUT2D eigenvalue weighted by molar-refractivity contribution is 5.78. The van der Waals surface area contributed by atoms with Gasteiger partial charge in [-0.05, 0) is 36.4 Å². The molecule has 26 heavy (non-hydrogen) atoms. The van der Waals surface area contributed by atoms with Crippen LogP contribution in [-0.4, -0.2) is 38.0 Å². The first-order valence-corrected chi connectivity index (χ1v) is 8.66. The molecule has 0 unspecified atom stereocenters. The summed E-state index contributed by atoms with van der Waals surface area (Å²) in [5.41, 5.74) is 1.89. The average molecular weight is 348 g/mol. The zero-order valence-electron chi connectivity index (χ0n) is 14.4. The predicted molar refractivity (Wildman–Crippen MR) is 96.4 cm³/mol. The third kappa shape index (κ3) is 3.74. The van der Waals surface area contributed by atoms with Gasteiger partial charge in [-0.25, -0.2) is 0 Å². The van der Waals surface area contributed by atoms with Gasteiger partial charge >= 0.3 is 0 Å². The lowest BCUT2D eigenvalue weighted by Crippen LogP contribution is -2.39. The summed E-state index contributed by atoms with van der Waals surface area (Å²) >= 11 is 0. The number of amides is 1. The van der Waals surface area contributed by atoms with Crippen molar-refractivity contribution in [3.8, 4) is 5.75 Å². The number of aromatic nitrogens is 3. The van der Waals surface area contributed by atoms with Crippen LogP contribution >= 0.6 is 0 Å². The lowest BCUT2D eigenvalue weighted by atomic mass is 10.2. The van der Waals surface area contributed by atoms with Gasteiger partial charge in [0.05, 0.1) is 32.3 Å². The summed E-state index contributed by atoms with van der Waals surface area (Å²) in [6, 6.07) is 13.4. The van der Waals surface area contributed by atoms with E-state index in [0.717, 1.165) is 11.4 Å². The van der Waals surface area contributed by atoms with Gasteiger partial charge in [-0.3, -0.25) is 14.8 Å². The second kappa shape index (κ2) is 7.39. The lowest BCUT2D eigenvalue weighted by molar-refractivity contribution is -0.132. The Hall–Kier alpha value is -3.15. The number of carbonyl (C=O) groups excluding carboxylic acids is 1. The normalized spacial score (nSPS) is 16.6. The molecule has 4 heterocycles. The Kier molecular flexibility index (Phi) is 4.64. The second-order valence-electron chi connectivity index (χ2n) is 6.35. The molecule has 0 fully saturated rings. The Balaban J connectivity index is 1.53. The fourth-order valence-corrected chi connectivity index (χ4v) is 3.20. The molecule has 132 valence electrons. The monoisotopic (exact) mass is 348 g/mol. The molecule has 3 aromatic heterocycles. The van der Waals surface area contributed by atoms with Gasteiger partial charge in [0.15, 0.2) is 0 Å². The van der Waals surface area contributed by atoms with Gasteiger partial charge in [0, 0.05) is 30.0 Å². The molecule has 0 spiro atoms. The summed E-state index contributed by atoms with van der Waals surface area (Å²) in [6.07, 6.45) is 7.31. The fraction of sp³-hybridized carbons (Fsp3) is 0.250. The first kappa shape index (κ1) is 16.3. The van der Waals surface area contributed by atoms with Crippen molar-refractivity contribution in [2.75, 3.05) is 6.54 Å². The van der Waals surface area contributed by atoms with Crippen LogP contribution in [0.2, 0.25) is 0 Å². The van der Waals surface area contributed by atoms with Crippen molar-refractivity contribution >= 4 is 5.91 Å². The number of ether oxygens (including phenoxy) is 1. The van der Waals surface area contributed by atoms with E-state index in [9.17, 15) is 4.79 Å². The molecule has 4 rings (SSSR count). The molecule has 0 radical (unpaired) electrons. The molecule has 0 N–H and O–H groups in total. The number of pyridine rings is 2. The third-order valence-electron chi connectivity index (χ3n) is 4.45. The second-order valence-corrected chi connectivity index (χ2v) is 6.35. The minimum atomic E-state index is -0.138. The standard InChI is InChI=1S/C20H20N4O2/c25-20(11-16-5-1-2-9-22-16)24-13-17-6-4-10-23(17)14-19(15-24)26-18-7-3-8-21-12-18/h1-10,12,19H,11,13-15H2/t19-/m0/s1. The maximum atomic E-state index is 12.9. The average Bonchev–Trinajstić information content (AvgIpc) is 3.02. The van der Waals surface area contributed by atoms with E-state index in [1.807, 2.05) is 53.6 Å². The minimum absolute atomic E-state index is 0.0538. The van der Waals surface area contributed by atoms with E-state index in [4.69, 9.17) is 4.74 Å². The van der Waals surface area contributed by atoms with E-state index >= 15 is 0 Å². The predicted octanol–water partition coefficient (Wildman–Crippen LogP) is 2.31. The van der Waals surface area contributed by atoms with E-state index in [2.05, 4.69) is 14.5 Å². The number of hydrogen-bond acceptors (Lipinski definition) is 4. The van der Waals surface area contributed by atoms with Gasteiger partial charge in [0.25, 0.3) is 0 Å². The molecule has 0 aromatic carbocycles. The van der Waals surface area contributed by atoms with E-state index in [0.29, 0.717) is 31.8 Å². The van der Waals surface area contributed by atoms with E-state index in [-0.39, 0.29) is 12.0 Å². The molecule has 6 heteroatoms. The minimum Gasteiger partial charge on any atom is -0.485 e. The highest BCUT2D eigenvalue weighted by Crippen LogP contribution is 2.18. The maximum Gasteiger partial charge on any atom is 0.229 e. The van der Waals surface area contributed by atoms with E-state index < -0.39 is 0 Å². The van der Waals surface area contributed by atoms with Crippen LogP contribution in [0.5, 0.6) is 5.75 Å². The Morgan fingerprint density at radius 2 is 2.08 bits per heavy atom. The van der Waals surface area contributed by atoms with Crippen LogP contribution in [0.15, 0.2) is 67.3 Å². The Morgan fingerprint density at radius 1 is 1.12 bits per heavy atom. The Bertz CT molecular complexity index is 864. The van der Waals surface area contributed by atoms with Crippen molar-refractivity contribution in [2.45, 2.75) is 25.6 Å². The third-order valence-corrected chi connectivity index (χ3v) is 4.45. The first-order chi connectivity index (χ1) is 12.8. The molecule has 0 aliphatic carbocycles. The Labute approximate surface area is 152 Å². The zero-order chi connectivity index (χ0) is 17.8. The quantitative estimate of drug-likeness (QED) is 0.726. The molecule has 1 amide bonds. The van der Waals surface area contributed by atoms with Gasteiger partial charge in [-0.2, -0.15) is 0 Å². The number of hydrogen-bond donors (Lipinski definition) is 0. The lowest BCUT2D eigenvalue weighted by Gasteiger charge is -2.24. The fourth-order valence-electron chi connectivity index (χ4n) is 3.20. The van der Waals surface area contributed by atoms with Gasteiger partial charge in [-0.1, -0.05) is 6.07 Å². The van der Waals surface area contributed by atoms with Crippen LogP contribution in [0.3, 0.4) is 0 Å². The van der Waals surface area contributed by atoms with Crippen LogP contribution in [0.4, 0.5) is 0 Å². The molecule has 1 aliphatic heterocycles. The molecule has 1 aliphatic rings. The van der Waals surface area contributed by atoms with Crippen LogP contribution in [0.1, 0.15) is 11.4 Å². The first-order valence-electron chi connectivity index (χ1n) is 8.66. The van der Waals surface area contributed by atoms with Gasteiger partial charge < -0.3 is 14.2 Å².